The van der Waals surface area contributed by atoms with Gasteiger partial charge in [-0.15, -0.1) is 0 Å². The molecule has 2 aromatic carbocycles. The van der Waals surface area contributed by atoms with Gasteiger partial charge >= 0.3 is 0 Å². The summed E-state index contributed by atoms with van der Waals surface area (Å²) < 4.78 is 0. The van der Waals surface area contributed by atoms with E-state index in [9.17, 15) is 4.79 Å². The standard InChI is InChI=1S/C21H18O/c22-10-11-1-2-12-5-6-15-17-9-18(21(15)16(12)7-11)20-14-4-3-13(8-14)19(17)20/h1-7,10,13-14,17-20H,8-9H2. The molecule has 4 bridgehead atoms. The third-order valence-electron chi connectivity index (χ3n) is 7.05. The van der Waals surface area contributed by atoms with Crippen molar-refractivity contribution in [3.63, 3.8) is 0 Å². The number of carbonyl (C=O) groups is 1. The summed E-state index contributed by atoms with van der Waals surface area (Å²) in [6.45, 7) is 0. The third kappa shape index (κ3) is 1.18. The number of benzene rings is 2. The summed E-state index contributed by atoms with van der Waals surface area (Å²) in [5, 5.41) is 2.65. The van der Waals surface area contributed by atoms with E-state index in [-0.39, 0.29) is 0 Å². The maximum Gasteiger partial charge on any atom is 0.150 e. The maximum absolute atomic E-state index is 11.2. The molecule has 6 atom stereocenters. The first-order chi connectivity index (χ1) is 10.8. The third-order valence-corrected chi connectivity index (χ3v) is 7.05. The summed E-state index contributed by atoms with van der Waals surface area (Å²) in [7, 11) is 0. The molecule has 4 aliphatic rings. The van der Waals surface area contributed by atoms with E-state index >= 15 is 0 Å². The van der Waals surface area contributed by atoms with E-state index in [4.69, 9.17) is 0 Å². The van der Waals surface area contributed by atoms with Gasteiger partial charge in [0, 0.05) is 5.56 Å². The van der Waals surface area contributed by atoms with Crippen molar-refractivity contribution in [2.75, 3.05) is 0 Å². The van der Waals surface area contributed by atoms with Gasteiger partial charge in [-0.05, 0) is 76.3 Å². The van der Waals surface area contributed by atoms with E-state index < -0.39 is 0 Å². The molecule has 0 N–H and O–H groups in total. The molecule has 0 spiro atoms. The van der Waals surface area contributed by atoms with Crippen molar-refractivity contribution in [1.82, 2.24) is 0 Å². The van der Waals surface area contributed by atoms with Crippen molar-refractivity contribution in [3.05, 3.63) is 59.2 Å². The largest absolute Gasteiger partial charge is 0.298 e. The summed E-state index contributed by atoms with van der Waals surface area (Å²) >= 11 is 0. The summed E-state index contributed by atoms with van der Waals surface area (Å²) in [5.74, 6) is 4.94. The van der Waals surface area contributed by atoms with Crippen LogP contribution in [0.1, 0.15) is 46.2 Å². The second kappa shape index (κ2) is 3.71. The van der Waals surface area contributed by atoms with E-state index in [1.807, 2.05) is 6.07 Å². The molecule has 0 radical (unpaired) electrons. The molecule has 4 aliphatic carbocycles. The van der Waals surface area contributed by atoms with Crippen LogP contribution in [0.4, 0.5) is 0 Å². The van der Waals surface area contributed by atoms with E-state index in [1.165, 1.54) is 23.6 Å². The highest BCUT2D eigenvalue weighted by molar-refractivity contribution is 5.93. The lowest BCUT2D eigenvalue weighted by atomic mass is 9.70. The van der Waals surface area contributed by atoms with Crippen LogP contribution in [0.15, 0.2) is 42.5 Å². The number of hydrogen-bond donors (Lipinski definition) is 0. The smallest absolute Gasteiger partial charge is 0.150 e. The van der Waals surface area contributed by atoms with Gasteiger partial charge in [0.25, 0.3) is 0 Å². The molecule has 2 fully saturated rings. The van der Waals surface area contributed by atoms with Crippen LogP contribution in [0.5, 0.6) is 0 Å². The molecule has 2 aromatic rings. The van der Waals surface area contributed by atoms with Crippen LogP contribution in [0.25, 0.3) is 10.8 Å². The molecular weight excluding hydrogens is 268 g/mol. The number of aldehydes is 1. The minimum Gasteiger partial charge on any atom is -0.298 e. The predicted octanol–water partition coefficient (Wildman–Crippen LogP) is 4.68. The highest BCUT2D eigenvalue weighted by atomic mass is 16.1. The van der Waals surface area contributed by atoms with Crippen LogP contribution in [0.2, 0.25) is 0 Å². The fourth-order valence-corrected chi connectivity index (χ4v) is 6.45. The molecule has 108 valence electrons. The fourth-order valence-electron chi connectivity index (χ4n) is 6.45. The zero-order chi connectivity index (χ0) is 14.4. The van der Waals surface area contributed by atoms with E-state index in [1.54, 1.807) is 11.1 Å². The summed E-state index contributed by atoms with van der Waals surface area (Å²) in [4.78, 5) is 11.2. The Morgan fingerprint density at radius 1 is 0.909 bits per heavy atom. The Kier molecular flexibility index (Phi) is 1.96. The molecule has 6 rings (SSSR count). The fraction of sp³-hybridized carbons (Fsp3) is 0.381. The average Bonchev–Trinajstić information content (AvgIpc) is 3.31. The average molecular weight is 286 g/mol. The molecule has 2 saturated carbocycles. The van der Waals surface area contributed by atoms with Crippen LogP contribution in [-0.4, -0.2) is 6.29 Å². The Labute approximate surface area is 130 Å². The van der Waals surface area contributed by atoms with E-state index in [2.05, 4.69) is 36.4 Å². The lowest BCUT2D eigenvalue weighted by Gasteiger charge is -2.34. The first-order valence-electron chi connectivity index (χ1n) is 8.55. The molecule has 0 aromatic heterocycles. The lowest BCUT2D eigenvalue weighted by molar-refractivity contribution is 0.112. The molecule has 22 heavy (non-hydrogen) atoms. The normalized spacial score (nSPS) is 39.5. The zero-order valence-electron chi connectivity index (χ0n) is 12.4. The van der Waals surface area contributed by atoms with Crippen LogP contribution in [0, 0.1) is 23.7 Å². The molecule has 0 aliphatic heterocycles. The minimum atomic E-state index is 0.732. The number of carbonyl (C=O) groups excluding carboxylic acids is 1. The highest BCUT2D eigenvalue weighted by Gasteiger charge is 2.60. The summed E-state index contributed by atoms with van der Waals surface area (Å²) in [6.07, 6.45) is 8.72. The van der Waals surface area contributed by atoms with Gasteiger partial charge < -0.3 is 0 Å². The van der Waals surface area contributed by atoms with Gasteiger partial charge in [-0.25, -0.2) is 0 Å². The van der Waals surface area contributed by atoms with Gasteiger partial charge in [0.15, 0.2) is 0 Å². The Balaban J connectivity index is 1.62. The van der Waals surface area contributed by atoms with Crippen molar-refractivity contribution in [3.8, 4) is 0 Å². The lowest BCUT2D eigenvalue weighted by Crippen LogP contribution is -2.25. The van der Waals surface area contributed by atoms with Crippen molar-refractivity contribution < 1.29 is 4.79 Å². The summed E-state index contributed by atoms with van der Waals surface area (Å²) in [6, 6.07) is 10.8. The van der Waals surface area contributed by atoms with Crippen molar-refractivity contribution in [2.45, 2.75) is 24.7 Å². The molecule has 0 saturated heterocycles. The SMILES string of the molecule is O=Cc1ccc2ccc3c(c2c1)C1CC3C2C3C=CC(C3)C12. The Morgan fingerprint density at radius 2 is 1.68 bits per heavy atom. The van der Waals surface area contributed by atoms with Gasteiger partial charge in [0.05, 0.1) is 0 Å². The first-order valence-corrected chi connectivity index (χ1v) is 8.55. The molecule has 1 nitrogen and oxygen atoms in total. The Hall–Kier alpha value is -1.89. The molecule has 0 amide bonds. The summed E-state index contributed by atoms with van der Waals surface area (Å²) in [5.41, 5.74) is 4.00. The zero-order valence-corrected chi connectivity index (χ0v) is 12.4. The van der Waals surface area contributed by atoms with Crippen LogP contribution in [0.3, 0.4) is 0 Å². The van der Waals surface area contributed by atoms with Gasteiger partial charge in [-0.1, -0.05) is 36.4 Å². The highest BCUT2D eigenvalue weighted by Crippen LogP contribution is 2.70. The number of rotatable bonds is 1. The number of hydrogen-bond acceptors (Lipinski definition) is 1. The maximum atomic E-state index is 11.2. The van der Waals surface area contributed by atoms with Gasteiger partial charge in [-0.3, -0.25) is 4.79 Å². The Bertz CT molecular complexity index is 862. The van der Waals surface area contributed by atoms with Gasteiger partial charge in [0.2, 0.25) is 0 Å². The molecule has 6 unspecified atom stereocenters. The van der Waals surface area contributed by atoms with Crippen LogP contribution in [-0.2, 0) is 0 Å². The second-order valence-corrected chi connectivity index (χ2v) is 7.72. The topological polar surface area (TPSA) is 17.1 Å². The monoisotopic (exact) mass is 286 g/mol. The van der Waals surface area contributed by atoms with Crippen molar-refractivity contribution in [1.29, 1.82) is 0 Å². The van der Waals surface area contributed by atoms with Crippen molar-refractivity contribution >= 4 is 17.1 Å². The predicted molar refractivity (Wildman–Crippen MR) is 87.2 cm³/mol. The van der Waals surface area contributed by atoms with Gasteiger partial charge in [-0.2, -0.15) is 0 Å². The number of allylic oxidation sites excluding steroid dienone is 2. The molecule has 0 heterocycles. The minimum absolute atomic E-state index is 0.732. The quantitative estimate of drug-likeness (QED) is 0.423. The van der Waals surface area contributed by atoms with E-state index in [0.717, 1.165) is 47.4 Å². The van der Waals surface area contributed by atoms with E-state index in [0.29, 0.717) is 0 Å². The molecular formula is C21H18O. The first kappa shape index (κ1) is 11.6. The van der Waals surface area contributed by atoms with Crippen LogP contribution < -0.4 is 0 Å². The Morgan fingerprint density at radius 3 is 2.50 bits per heavy atom. The molecule has 1 heteroatoms. The second-order valence-electron chi connectivity index (χ2n) is 7.72. The van der Waals surface area contributed by atoms with Gasteiger partial charge in [0.1, 0.15) is 6.29 Å². The number of fused-ring (bicyclic) bond motifs is 14. The van der Waals surface area contributed by atoms with Crippen LogP contribution >= 0.6 is 0 Å². The van der Waals surface area contributed by atoms with Crippen molar-refractivity contribution in [2.24, 2.45) is 23.7 Å².